The third-order valence-corrected chi connectivity index (χ3v) is 3.45. The van der Waals surface area contributed by atoms with Crippen LogP contribution < -0.4 is 10.5 Å². The predicted molar refractivity (Wildman–Crippen MR) is 80.4 cm³/mol. The molecule has 0 saturated carbocycles. The first-order valence-electron chi connectivity index (χ1n) is 6.31. The average molecular weight is 319 g/mol. The van der Waals surface area contributed by atoms with Crippen LogP contribution in [0, 0.1) is 17.1 Å². The Labute approximate surface area is 131 Å². The number of nitriles is 1. The zero-order valence-corrected chi connectivity index (χ0v) is 12.4. The largest absolute Gasteiger partial charge is 0.495 e. The first kappa shape index (κ1) is 15.8. The molecule has 0 aliphatic heterocycles. The lowest BCUT2D eigenvalue weighted by atomic mass is 9.99. The number of nitrogens with two attached hydrogens (primary N) is 1. The van der Waals surface area contributed by atoms with Gasteiger partial charge in [0.1, 0.15) is 11.6 Å². The van der Waals surface area contributed by atoms with Crippen LogP contribution in [0.4, 0.5) is 4.39 Å². The number of hydrogen-bond donors (Lipinski definition) is 1. The van der Waals surface area contributed by atoms with Crippen molar-refractivity contribution >= 4 is 17.5 Å². The van der Waals surface area contributed by atoms with E-state index in [1.54, 1.807) is 18.2 Å². The van der Waals surface area contributed by atoms with E-state index in [4.69, 9.17) is 27.3 Å². The SMILES string of the molecule is COc1ccc(Cc2cc(C#N)cc(C(N)=O)c2F)cc1Cl. The predicted octanol–water partition coefficient (Wildman–Crippen LogP) is 3.05. The summed E-state index contributed by atoms with van der Waals surface area (Å²) in [7, 11) is 1.50. The number of methoxy groups -OCH3 is 1. The highest BCUT2D eigenvalue weighted by Crippen LogP contribution is 2.27. The van der Waals surface area contributed by atoms with Gasteiger partial charge in [0, 0.05) is 6.42 Å². The third kappa shape index (κ3) is 3.18. The Morgan fingerprint density at radius 2 is 2.14 bits per heavy atom. The molecule has 0 bridgehead atoms. The Kier molecular flexibility index (Phi) is 4.64. The Morgan fingerprint density at radius 1 is 1.41 bits per heavy atom. The van der Waals surface area contributed by atoms with Crippen molar-refractivity contribution in [1.29, 1.82) is 5.26 Å². The maximum Gasteiger partial charge on any atom is 0.251 e. The first-order chi connectivity index (χ1) is 10.5. The average Bonchev–Trinajstić information content (AvgIpc) is 2.49. The van der Waals surface area contributed by atoms with E-state index in [1.165, 1.54) is 13.2 Å². The van der Waals surface area contributed by atoms with Gasteiger partial charge in [-0.3, -0.25) is 4.79 Å². The quantitative estimate of drug-likeness (QED) is 0.941. The van der Waals surface area contributed by atoms with Crippen molar-refractivity contribution in [2.24, 2.45) is 5.73 Å². The van der Waals surface area contributed by atoms with Gasteiger partial charge in [0.25, 0.3) is 5.91 Å². The van der Waals surface area contributed by atoms with Gasteiger partial charge in [-0.05, 0) is 35.4 Å². The third-order valence-electron chi connectivity index (χ3n) is 3.15. The summed E-state index contributed by atoms with van der Waals surface area (Å²) in [5.74, 6) is -1.13. The van der Waals surface area contributed by atoms with Crippen molar-refractivity contribution in [1.82, 2.24) is 0 Å². The fraction of sp³-hybridized carbons (Fsp3) is 0.125. The van der Waals surface area contributed by atoms with E-state index >= 15 is 0 Å². The molecule has 0 atom stereocenters. The molecule has 0 saturated heterocycles. The van der Waals surface area contributed by atoms with Crippen LogP contribution in [0.2, 0.25) is 5.02 Å². The zero-order valence-electron chi connectivity index (χ0n) is 11.7. The Hall–Kier alpha value is -2.58. The molecule has 0 aliphatic carbocycles. The van der Waals surface area contributed by atoms with E-state index in [-0.39, 0.29) is 23.1 Å². The minimum Gasteiger partial charge on any atom is -0.495 e. The normalized spacial score (nSPS) is 10.1. The molecule has 0 aliphatic rings. The second-order valence-electron chi connectivity index (χ2n) is 4.62. The molecule has 4 nitrogen and oxygen atoms in total. The molecule has 2 rings (SSSR count). The van der Waals surface area contributed by atoms with Gasteiger partial charge in [0.05, 0.1) is 29.3 Å². The molecular weight excluding hydrogens is 307 g/mol. The van der Waals surface area contributed by atoms with E-state index in [1.807, 2.05) is 6.07 Å². The fourth-order valence-electron chi connectivity index (χ4n) is 2.10. The molecule has 1 amide bonds. The molecule has 0 aromatic heterocycles. The van der Waals surface area contributed by atoms with Crippen LogP contribution in [-0.2, 0) is 6.42 Å². The van der Waals surface area contributed by atoms with Gasteiger partial charge in [-0.1, -0.05) is 17.7 Å². The number of benzene rings is 2. The van der Waals surface area contributed by atoms with Crippen LogP contribution in [0.3, 0.4) is 0 Å². The summed E-state index contributed by atoms with van der Waals surface area (Å²) in [5, 5.41) is 9.37. The number of amides is 1. The second-order valence-corrected chi connectivity index (χ2v) is 5.03. The van der Waals surface area contributed by atoms with E-state index in [0.717, 1.165) is 11.6 Å². The molecule has 22 heavy (non-hydrogen) atoms. The zero-order chi connectivity index (χ0) is 16.3. The Balaban J connectivity index is 2.45. The van der Waals surface area contributed by atoms with Crippen molar-refractivity contribution in [3.8, 4) is 11.8 Å². The number of carbonyl (C=O) groups excluding carboxylic acids is 1. The van der Waals surface area contributed by atoms with Crippen molar-refractivity contribution in [3.63, 3.8) is 0 Å². The van der Waals surface area contributed by atoms with Crippen molar-refractivity contribution in [2.75, 3.05) is 7.11 Å². The van der Waals surface area contributed by atoms with E-state index in [2.05, 4.69) is 0 Å². The molecule has 6 heteroatoms. The van der Waals surface area contributed by atoms with Gasteiger partial charge in [0.2, 0.25) is 0 Å². The molecule has 0 fully saturated rings. The number of nitrogens with zero attached hydrogens (tertiary/aromatic N) is 1. The summed E-state index contributed by atoms with van der Waals surface area (Å²) in [5.41, 5.74) is 5.93. The monoisotopic (exact) mass is 318 g/mol. The van der Waals surface area contributed by atoms with Gasteiger partial charge < -0.3 is 10.5 Å². The number of hydrogen-bond acceptors (Lipinski definition) is 3. The van der Waals surface area contributed by atoms with Crippen molar-refractivity contribution in [3.05, 3.63) is 63.4 Å². The standard InChI is InChI=1S/C16H12ClFN2O2/c1-22-14-3-2-9(7-13(14)17)4-11-5-10(8-19)6-12(15(11)18)16(20)21/h2-3,5-7H,4H2,1H3,(H2,20,21). The van der Waals surface area contributed by atoms with Gasteiger partial charge in [-0.2, -0.15) is 5.26 Å². The number of primary amides is 1. The van der Waals surface area contributed by atoms with Crippen LogP contribution in [0.25, 0.3) is 0 Å². The molecule has 0 spiro atoms. The summed E-state index contributed by atoms with van der Waals surface area (Å²) in [4.78, 5) is 11.3. The molecule has 0 unspecified atom stereocenters. The fourth-order valence-corrected chi connectivity index (χ4v) is 2.38. The van der Waals surface area contributed by atoms with Crippen LogP contribution >= 0.6 is 11.6 Å². The van der Waals surface area contributed by atoms with Crippen molar-refractivity contribution < 1.29 is 13.9 Å². The highest BCUT2D eigenvalue weighted by atomic mass is 35.5. The highest BCUT2D eigenvalue weighted by molar-refractivity contribution is 6.32. The van der Waals surface area contributed by atoms with Crippen LogP contribution in [-0.4, -0.2) is 13.0 Å². The van der Waals surface area contributed by atoms with Crippen LogP contribution in [0.1, 0.15) is 27.0 Å². The van der Waals surface area contributed by atoms with Crippen LogP contribution in [0.15, 0.2) is 30.3 Å². The smallest absolute Gasteiger partial charge is 0.251 e. The molecule has 2 aromatic rings. The minimum atomic E-state index is -0.913. The number of carbonyl (C=O) groups is 1. The van der Waals surface area contributed by atoms with Gasteiger partial charge in [-0.15, -0.1) is 0 Å². The van der Waals surface area contributed by atoms with Crippen molar-refractivity contribution in [2.45, 2.75) is 6.42 Å². The van der Waals surface area contributed by atoms with Gasteiger partial charge in [-0.25, -0.2) is 4.39 Å². The molecule has 112 valence electrons. The maximum absolute atomic E-state index is 14.3. The Morgan fingerprint density at radius 3 is 2.68 bits per heavy atom. The molecule has 0 radical (unpaired) electrons. The highest BCUT2D eigenvalue weighted by Gasteiger charge is 2.15. The maximum atomic E-state index is 14.3. The summed E-state index contributed by atoms with van der Waals surface area (Å²) < 4.78 is 19.4. The summed E-state index contributed by atoms with van der Waals surface area (Å²) in [6, 6.07) is 9.45. The lowest BCUT2D eigenvalue weighted by molar-refractivity contribution is 0.0996. The summed E-state index contributed by atoms with van der Waals surface area (Å²) in [6.45, 7) is 0. The van der Waals surface area contributed by atoms with Gasteiger partial charge in [0.15, 0.2) is 0 Å². The first-order valence-corrected chi connectivity index (χ1v) is 6.68. The summed E-state index contributed by atoms with van der Waals surface area (Å²) >= 11 is 6.03. The van der Waals surface area contributed by atoms with E-state index in [0.29, 0.717) is 10.8 Å². The van der Waals surface area contributed by atoms with E-state index < -0.39 is 11.7 Å². The number of ether oxygens (including phenoxy) is 1. The number of halogens is 2. The van der Waals surface area contributed by atoms with E-state index in [9.17, 15) is 9.18 Å². The molecule has 2 N–H and O–H groups in total. The minimum absolute atomic E-state index is 0.171. The lowest BCUT2D eigenvalue weighted by Crippen LogP contribution is -2.15. The van der Waals surface area contributed by atoms with Crippen LogP contribution in [0.5, 0.6) is 5.75 Å². The van der Waals surface area contributed by atoms with Gasteiger partial charge >= 0.3 is 0 Å². The Bertz CT molecular complexity index is 784. The second kappa shape index (κ2) is 6.46. The number of rotatable bonds is 4. The lowest BCUT2D eigenvalue weighted by Gasteiger charge is -2.09. The topological polar surface area (TPSA) is 76.1 Å². The molecule has 0 heterocycles. The summed E-state index contributed by atoms with van der Waals surface area (Å²) in [6.07, 6.45) is 0.172. The molecule has 2 aromatic carbocycles. The molecular formula is C16H12ClFN2O2.